The van der Waals surface area contributed by atoms with E-state index < -0.39 is 12.2 Å². The molecule has 156 valence electrons. The molecule has 2 N–H and O–H groups in total. The van der Waals surface area contributed by atoms with Crippen LogP contribution in [0.1, 0.15) is 22.8 Å². The van der Waals surface area contributed by atoms with E-state index in [9.17, 15) is 9.90 Å². The molecule has 0 spiro atoms. The summed E-state index contributed by atoms with van der Waals surface area (Å²) in [5, 5.41) is 12.7. The van der Waals surface area contributed by atoms with E-state index in [2.05, 4.69) is 5.32 Å². The molecule has 0 aliphatic carbocycles. The first kappa shape index (κ1) is 21.2. The van der Waals surface area contributed by atoms with Crippen molar-refractivity contribution in [2.45, 2.75) is 19.3 Å². The highest BCUT2D eigenvalue weighted by molar-refractivity contribution is 5.66. The average molecular weight is 407 g/mol. The zero-order chi connectivity index (χ0) is 21.2. The highest BCUT2D eigenvalue weighted by atomic mass is 16.6. The first-order valence-electron chi connectivity index (χ1n) is 9.65. The van der Waals surface area contributed by atoms with Gasteiger partial charge in [-0.2, -0.15) is 0 Å². The van der Waals surface area contributed by atoms with Crippen molar-refractivity contribution in [3.05, 3.63) is 95.6 Å². The molecular weight excluding hydrogens is 382 g/mol. The molecule has 6 heteroatoms. The van der Waals surface area contributed by atoms with Gasteiger partial charge in [0.2, 0.25) is 0 Å². The van der Waals surface area contributed by atoms with Crippen LogP contribution in [0.25, 0.3) is 0 Å². The molecule has 3 aromatic rings. The summed E-state index contributed by atoms with van der Waals surface area (Å²) >= 11 is 0. The fourth-order valence-electron chi connectivity index (χ4n) is 2.76. The molecule has 3 rings (SSSR count). The molecule has 0 bridgehead atoms. The van der Waals surface area contributed by atoms with Crippen LogP contribution in [0, 0.1) is 0 Å². The van der Waals surface area contributed by atoms with Gasteiger partial charge in [-0.3, -0.25) is 0 Å². The summed E-state index contributed by atoms with van der Waals surface area (Å²) in [4.78, 5) is 11.3. The SMILES string of the molecule is CNC(=O)OCC(O)c1ccc(OCc2ccccc2)c(OCc2ccccc2)c1. The number of amides is 1. The van der Waals surface area contributed by atoms with Gasteiger partial charge in [0.15, 0.2) is 11.5 Å². The number of nitrogens with one attached hydrogen (secondary N) is 1. The molecule has 0 saturated carbocycles. The Labute approximate surface area is 176 Å². The lowest BCUT2D eigenvalue weighted by molar-refractivity contribution is 0.0689. The predicted molar refractivity (Wildman–Crippen MR) is 113 cm³/mol. The van der Waals surface area contributed by atoms with Crippen molar-refractivity contribution in [1.82, 2.24) is 5.32 Å². The minimum Gasteiger partial charge on any atom is -0.485 e. The number of hydrogen-bond donors (Lipinski definition) is 2. The van der Waals surface area contributed by atoms with Gasteiger partial charge in [-0.15, -0.1) is 0 Å². The van der Waals surface area contributed by atoms with Crippen LogP contribution in [0.2, 0.25) is 0 Å². The van der Waals surface area contributed by atoms with Crippen LogP contribution in [0.5, 0.6) is 11.5 Å². The van der Waals surface area contributed by atoms with Crippen LogP contribution in [-0.2, 0) is 18.0 Å². The zero-order valence-corrected chi connectivity index (χ0v) is 16.8. The fraction of sp³-hybridized carbons (Fsp3) is 0.208. The number of aliphatic hydroxyl groups is 1. The number of ether oxygens (including phenoxy) is 3. The van der Waals surface area contributed by atoms with E-state index in [0.29, 0.717) is 30.3 Å². The second-order valence-corrected chi connectivity index (χ2v) is 6.62. The standard InChI is InChI=1S/C24H25NO5/c1-25-24(27)30-17-21(26)20-12-13-22(28-15-18-8-4-2-5-9-18)23(14-20)29-16-19-10-6-3-7-11-19/h2-14,21,26H,15-17H2,1H3,(H,25,27). The number of alkyl carbamates (subject to hydrolysis) is 1. The van der Waals surface area contributed by atoms with Gasteiger partial charge in [0.05, 0.1) is 0 Å². The number of carbonyl (C=O) groups excluding carboxylic acids is 1. The number of carbonyl (C=O) groups is 1. The average Bonchev–Trinajstić information content (AvgIpc) is 2.81. The molecule has 0 aliphatic heterocycles. The fourth-order valence-corrected chi connectivity index (χ4v) is 2.76. The third-order valence-corrected chi connectivity index (χ3v) is 4.40. The topological polar surface area (TPSA) is 77.0 Å². The molecule has 0 saturated heterocycles. The van der Waals surface area contributed by atoms with E-state index in [1.54, 1.807) is 18.2 Å². The maximum absolute atomic E-state index is 11.3. The summed E-state index contributed by atoms with van der Waals surface area (Å²) in [5.41, 5.74) is 2.61. The lowest BCUT2D eigenvalue weighted by atomic mass is 10.1. The smallest absolute Gasteiger partial charge is 0.406 e. The summed E-state index contributed by atoms with van der Waals surface area (Å²) < 4.78 is 16.9. The number of aliphatic hydroxyl groups excluding tert-OH is 1. The Morgan fingerprint density at radius 2 is 1.43 bits per heavy atom. The van der Waals surface area contributed by atoms with Crippen molar-refractivity contribution < 1.29 is 24.1 Å². The van der Waals surface area contributed by atoms with Gasteiger partial charge < -0.3 is 24.6 Å². The second kappa shape index (κ2) is 10.9. The van der Waals surface area contributed by atoms with E-state index in [4.69, 9.17) is 14.2 Å². The lowest BCUT2D eigenvalue weighted by Gasteiger charge is -2.17. The normalized spacial score (nSPS) is 11.4. The van der Waals surface area contributed by atoms with Crippen molar-refractivity contribution >= 4 is 6.09 Å². The van der Waals surface area contributed by atoms with Gasteiger partial charge in [0.1, 0.15) is 25.9 Å². The van der Waals surface area contributed by atoms with Crippen LogP contribution in [0.15, 0.2) is 78.9 Å². The Kier molecular flexibility index (Phi) is 7.69. The highest BCUT2D eigenvalue weighted by Crippen LogP contribution is 2.32. The Morgan fingerprint density at radius 3 is 2.00 bits per heavy atom. The van der Waals surface area contributed by atoms with Crippen molar-refractivity contribution in [3.8, 4) is 11.5 Å². The minimum absolute atomic E-state index is 0.165. The lowest BCUT2D eigenvalue weighted by Crippen LogP contribution is -2.22. The Hall–Kier alpha value is -3.51. The van der Waals surface area contributed by atoms with Crippen molar-refractivity contribution in [1.29, 1.82) is 0 Å². The monoisotopic (exact) mass is 407 g/mol. The maximum atomic E-state index is 11.3. The van der Waals surface area contributed by atoms with Gasteiger partial charge in [-0.25, -0.2) is 4.79 Å². The van der Waals surface area contributed by atoms with Crippen LogP contribution in [0.4, 0.5) is 4.79 Å². The zero-order valence-electron chi connectivity index (χ0n) is 16.8. The molecule has 1 atom stereocenters. The van der Waals surface area contributed by atoms with Gasteiger partial charge in [0.25, 0.3) is 0 Å². The van der Waals surface area contributed by atoms with Crippen LogP contribution in [0.3, 0.4) is 0 Å². The third-order valence-electron chi connectivity index (χ3n) is 4.40. The van der Waals surface area contributed by atoms with Gasteiger partial charge in [0, 0.05) is 7.05 Å². The molecule has 0 aromatic heterocycles. The van der Waals surface area contributed by atoms with Gasteiger partial charge in [-0.1, -0.05) is 66.7 Å². The Morgan fingerprint density at radius 1 is 0.867 bits per heavy atom. The van der Waals surface area contributed by atoms with Crippen molar-refractivity contribution in [2.75, 3.05) is 13.7 Å². The summed E-state index contributed by atoms with van der Waals surface area (Å²) in [6, 6.07) is 24.8. The summed E-state index contributed by atoms with van der Waals surface area (Å²) in [7, 11) is 1.46. The van der Waals surface area contributed by atoms with E-state index in [1.807, 2.05) is 60.7 Å². The molecular formula is C24H25NO5. The molecule has 0 radical (unpaired) electrons. The molecule has 1 amide bonds. The quantitative estimate of drug-likeness (QED) is 0.555. The molecule has 0 aliphatic rings. The maximum Gasteiger partial charge on any atom is 0.406 e. The highest BCUT2D eigenvalue weighted by Gasteiger charge is 2.15. The van der Waals surface area contributed by atoms with Crippen molar-refractivity contribution in [3.63, 3.8) is 0 Å². The number of hydrogen-bond acceptors (Lipinski definition) is 5. The van der Waals surface area contributed by atoms with E-state index in [-0.39, 0.29) is 6.61 Å². The van der Waals surface area contributed by atoms with Crippen molar-refractivity contribution in [2.24, 2.45) is 0 Å². The van der Waals surface area contributed by atoms with Gasteiger partial charge in [-0.05, 0) is 28.8 Å². The largest absolute Gasteiger partial charge is 0.485 e. The Bertz CT molecular complexity index is 931. The second-order valence-electron chi connectivity index (χ2n) is 6.62. The molecule has 3 aromatic carbocycles. The molecule has 0 heterocycles. The Balaban J connectivity index is 1.74. The molecule has 6 nitrogen and oxygen atoms in total. The predicted octanol–water partition coefficient (Wildman–Crippen LogP) is 4.23. The van der Waals surface area contributed by atoms with Crippen LogP contribution < -0.4 is 14.8 Å². The summed E-state index contributed by atoms with van der Waals surface area (Å²) in [5.74, 6) is 1.07. The van der Waals surface area contributed by atoms with Crippen LogP contribution >= 0.6 is 0 Å². The van der Waals surface area contributed by atoms with E-state index in [1.165, 1.54) is 7.05 Å². The summed E-state index contributed by atoms with van der Waals surface area (Å²) in [6.07, 6.45) is -1.58. The van der Waals surface area contributed by atoms with E-state index >= 15 is 0 Å². The summed E-state index contributed by atoms with van der Waals surface area (Å²) in [6.45, 7) is 0.586. The third kappa shape index (κ3) is 6.25. The first-order chi connectivity index (χ1) is 14.7. The molecule has 0 fully saturated rings. The first-order valence-corrected chi connectivity index (χ1v) is 9.65. The number of benzene rings is 3. The van der Waals surface area contributed by atoms with Gasteiger partial charge >= 0.3 is 6.09 Å². The molecule has 30 heavy (non-hydrogen) atoms. The molecule has 1 unspecified atom stereocenters. The number of rotatable bonds is 9. The van der Waals surface area contributed by atoms with E-state index in [0.717, 1.165) is 11.1 Å². The van der Waals surface area contributed by atoms with Crippen LogP contribution in [-0.4, -0.2) is 24.9 Å². The minimum atomic E-state index is -0.982.